The molecule has 1 amide bonds. The topological polar surface area (TPSA) is 62.5 Å². The number of rotatable bonds is 5. The lowest BCUT2D eigenvalue weighted by atomic mass is 10.0. The molecule has 2 aromatic rings. The summed E-state index contributed by atoms with van der Waals surface area (Å²) in [5, 5.41) is 12.3. The van der Waals surface area contributed by atoms with Gasteiger partial charge in [0, 0.05) is 17.7 Å². The molecule has 0 aliphatic rings. The largest absolute Gasteiger partial charge is 0.466 e. The second kappa shape index (κ2) is 7.86. The van der Waals surface area contributed by atoms with E-state index in [1.165, 1.54) is 0 Å². The van der Waals surface area contributed by atoms with Crippen LogP contribution in [0, 0.1) is 13.8 Å². The molecule has 4 nitrogen and oxygen atoms in total. The molecule has 1 unspecified atom stereocenters. The molecule has 1 aromatic carbocycles. The van der Waals surface area contributed by atoms with Crippen LogP contribution in [0.2, 0.25) is 0 Å². The van der Waals surface area contributed by atoms with E-state index < -0.39 is 41.1 Å². The number of halogens is 6. The Morgan fingerprint density at radius 1 is 1.04 bits per heavy atom. The molecule has 1 atom stereocenters. The number of aliphatic hydroxyl groups excluding tert-OH is 1. The van der Waals surface area contributed by atoms with Crippen LogP contribution in [0.15, 0.2) is 28.7 Å². The van der Waals surface area contributed by atoms with Crippen molar-refractivity contribution >= 4 is 5.91 Å². The summed E-state index contributed by atoms with van der Waals surface area (Å²) in [5.41, 5.74) is -3.42. The first-order valence-corrected chi connectivity index (χ1v) is 8.11. The van der Waals surface area contributed by atoms with Crippen molar-refractivity contribution in [2.24, 2.45) is 0 Å². The van der Waals surface area contributed by atoms with Gasteiger partial charge in [-0.15, -0.1) is 0 Å². The number of furan rings is 1. The number of aliphatic hydroxyl groups is 1. The van der Waals surface area contributed by atoms with E-state index in [1.807, 2.05) is 0 Å². The Hall–Kier alpha value is -2.49. The zero-order valence-electron chi connectivity index (χ0n) is 14.8. The number of nitrogens with one attached hydrogen (secondary N) is 1. The first-order chi connectivity index (χ1) is 12.8. The summed E-state index contributed by atoms with van der Waals surface area (Å²) in [6.45, 7) is 3.14. The molecule has 1 heterocycles. The van der Waals surface area contributed by atoms with Crippen LogP contribution in [0.1, 0.15) is 51.1 Å². The van der Waals surface area contributed by atoms with Gasteiger partial charge < -0.3 is 14.8 Å². The number of carbonyl (C=O) groups excluding carboxylic acids is 1. The number of hydrogen-bond donors (Lipinski definition) is 2. The van der Waals surface area contributed by atoms with Crippen LogP contribution in [0.25, 0.3) is 0 Å². The monoisotopic (exact) mass is 409 g/mol. The molecule has 154 valence electrons. The normalized spacial score (nSPS) is 13.5. The lowest BCUT2D eigenvalue weighted by molar-refractivity contribution is -0.143. The quantitative estimate of drug-likeness (QED) is 0.699. The van der Waals surface area contributed by atoms with Crippen LogP contribution in [0.4, 0.5) is 26.3 Å². The lowest BCUT2D eigenvalue weighted by Crippen LogP contribution is -2.26. The van der Waals surface area contributed by atoms with Gasteiger partial charge >= 0.3 is 12.4 Å². The summed E-state index contributed by atoms with van der Waals surface area (Å²) in [6, 6.07) is 2.25. The van der Waals surface area contributed by atoms with Gasteiger partial charge in [-0.1, -0.05) is 0 Å². The molecule has 0 fully saturated rings. The highest BCUT2D eigenvalue weighted by Gasteiger charge is 2.37. The molecule has 2 rings (SSSR count). The van der Waals surface area contributed by atoms with Crippen LogP contribution < -0.4 is 5.32 Å². The molecular formula is C18H17F6NO3. The maximum atomic E-state index is 12.8. The molecule has 0 radical (unpaired) electrons. The van der Waals surface area contributed by atoms with Crippen LogP contribution >= 0.6 is 0 Å². The van der Waals surface area contributed by atoms with Gasteiger partial charge in [0.15, 0.2) is 0 Å². The summed E-state index contributed by atoms with van der Waals surface area (Å²) in [7, 11) is 0. The summed E-state index contributed by atoms with van der Waals surface area (Å²) < 4.78 is 82.3. The van der Waals surface area contributed by atoms with Gasteiger partial charge in [-0.05, 0) is 44.5 Å². The lowest BCUT2D eigenvalue weighted by Gasteiger charge is -2.15. The van der Waals surface area contributed by atoms with E-state index >= 15 is 0 Å². The SMILES string of the molecule is Cc1cc(C(O)CCNC(=O)c2cc(C(F)(F)F)cc(C(F)(F)F)c2)c(C)o1. The van der Waals surface area contributed by atoms with E-state index in [0.29, 0.717) is 29.2 Å². The van der Waals surface area contributed by atoms with E-state index in [9.17, 15) is 36.2 Å². The second-order valence-corrected chi connectivity index (χ2v) is 6.22. The Balaban J connectivity index is 2.12. The fourth-order valence-corrected chi connectivity index (χ4v) is 2.65. The first-order valence-electron chi connectivity index (χ1n) is 8.11. The standard InChI is InChI=1S/C18H17F6NO3/c1-9-5-14(10(2)28-9)15(26)3-4-25-16(27)11-6-12(17(19,20)21)8-13(7-11)18(22,23)24/h5-8,15,26H,3-4H2,1-2H3,(H,25,27). The predicted octanol–water partition coefficient (Wildman–Crippen LogP) is 4.79. The maximum absolute atomic E-state index is 12.8. The smallest absolute Gasteiger partial charge is 0.416 e. The van der Waals surface area contributed by atoms with E-state index in [1.54, 1.807) is 19.9 Å². The van der Waals surface area contributed by atoms with Gasteiger partial charge in [0.2, 0.25) is 0 Å². The average Bonchev–Trinajstić information content (AvgIpc) is 2.91. The van der Waals surface area contributed by atoms with Crippen molar-refractivity contribution in [1.29, 1.82) is 0 Å². The van der Waals surface area contributed by atoms with Crippen molar-refractivity contribution in [1.82, 2.24) is 5.32 Å². The first kappa shape index (κ1) is 21.8. The van der Waals surface area contributed by atoms with Crippen molar-refractivity contribution < 1.29 is 40.7 Å². The van der Waals surface area contributed by atoms with Crippen molar-refractivity contribution in [2.75, 3.05) is 6.54 Å². The van der Waals surface area contributed by atoms with Crippen LogP contribution in [0.5, 0.6) is 0 Å². The van der Waals surface area contributed by atoms with Crippen molar-refractivity contribution in [2.45, 2.75) is 38.7 Å². The molecule has 0 aliphatic heterocycles. The number of amides is 1. The van der Waals surface area contributed by atoms with E-state index in [0.717, 1.165) is 0 Å². The third-order valence-electron chi connectivity index (χ3n) is 3.99. The van der Waals surface area contributed by atoms with E-state index in [2.05, 4.69) is 5.32 Å². The zero-order valence-corrected chi connectivity index (χ0v) is 14.8. The van der Waals surface area contributed by atoms with Gasteiger partial charge in [0.05, 0.1) is 17.2 Å². The van der Waals surface area contributed by atoms with Crippen molar-refractivity contribution in [3.63, 3.8) is 0 Å². The third kappa shape index (κ3) is 5.28. The molecule has 0 saturated heterocycles. The molecule has 0 saturated carbocycles. The molecule has 0 aliphatic carbocycles. The van der Waals surface area contributed by atoms with Gasteiger partial charge in [0.1, 0.15) is 11.5 Å². The number of aryl methyl sites for hydroxylation is 2. The average molecular weight is 409 g/mol. The Bertz CT molecular complexity index is 822. The highest BCUT2D eigenvalue weighted by molar-refractivity contribution is 5.94. The Morgan fingerprint density at radius 3 is 2.00 bits per heavy atom. The van der Waals surface area contributed by atoms with Crippen molar-refractivity contribution in [3.05, 3.63) is 58.0 Å². The molecule has 0 spiro atoms. The van der Waals surface area contributed by atoms with Crippen molar-refractivity contribution in [3.8, 4) is 0 Å². The number of alkyl halides is 6. The van der Waals surface area contributed by atoms with Gasteiger partial charge in [-0.2, -0.15) is 26.3 Å². The van der Waals surface area contributed by atoms with Gasteiger partial charge in [-0.25, -0.2) is 0 Å². The molecule has 10 heteroatoms. The number of benzene rings is 1. The third-order valence-corrected chi connectivity index (χ3v) is 3.99. The van der Waals surface area contributed by atoms with Crippen LogP contribution in [-0.2, 0) is 12.4 Å². The number of hydrogen-bond acceptors (Lipinski definition) is 3. The van der Waals surface area contributed by atoms with E-state index in [-0.39, 0.29) is 19.0 Å². The fourth-order valence-electron chi connectivity index (χ4n) is 2.65. The molecule has 2 N–H and O–H groups in total. The predicted molar refractivity (Wildman–Crippen MR) is 86.5 cm³/mol. The Morgan fingerprint density at radius 2 is 1.57 bits per heavy atom. The second-order valence-electron chi connectivity index (χ2n) is 6.22. The Labute approximate surface area is 156 Å². The minimum Gasteiger partial charge on any atom is -0.466 e. The molecule has 1 aromatic heterocycles. The van der Waals surface area contributed by atoms with E-state index in [4.69, 9.17) is 4.42 Å². The van der Waals surface area contributed by atoms with Gasteiger partial charge in [-0.3, -0.25) is 4.79 Å². The summed E-state index contributed by atoms with van der Waals surface area (Å²) >= 11 is 0. The highest BCUT2D eigenvalue weighted by atomic mass is 19.4. The molecule has 28 heavy (non-hydrogen) atoms. The summed E-state index contributed by atoms with van der Waals surface area (Å²) in [6.07, 6.45) is -11.1. The number of carbonyl (C=O) groups is 1. The summed E-state index contributed by atoms with van der Waals surface area (Å²) in [4.78, 5) is 12.0. The minimum absolute atomic E-state index is 0.00333. The zero-order chi connectivity index (χ0) is 21.3. The molecular weight excluding hydrogens is 392 g/mol. The fraction of sp³-hybridized carbons (Fsp3) is 0.389. The summed E-state index contributed by atoms with van der Waals surface area (Å²) in [5.74, 6) is -0.0628. The Kier molecular flexibility index (Phi) is 6.12. The maximum Gasteiger partial charge on any atom is 0.416 e. The highest BCUT2D eigenvalue weighted by Crippen LogP contribution is 2.36. The van der Waals surface area contributed by atoms with Gasteiger partial charge in [0.25, 0.3) is 5.91 Å². The van der Waals surface area contributed by atoms with Crippen LogP contribution in [-0.4, -0.2) is 17.6 Å². The molecule has 0 bridgehead atoms. The minimum atomic E-state index is -5.04. The van der Waals surface area contributed by atoms with Crippen LogP contribution in [0.3, 0.4) is 0 Å².